The predicted molar refractivity (Wildman–Crippen MR) is 88.9 cm³/mol. The first-order valence-corrected chi connectivity index (χ1v) is 8.57. The molecule has 0 aliphatic carbocycles. The number of carboxylic acid groups (broad SMARTS) is 1. The van der Waals surface area contributed by atoms with E-state index in [0.29, 0.717) is 45.3 Å². The van der Waals surface area contributed by atoms with Crippen molar-refractivity contribution in [2.45, 2.75) is 51.0 Å². The molecule has 0 radical (unpaired) electrons. The summed E-state index contributed by atoms with van der Waals surface area (Å²) >= 11 is 0. The average Bonchev–Trinajstić information content (AvgIpc) is 3.03. The quantitative estimate of drug-likeness (QED) is 0.386. The van der Waals surface area contributed by atoms with Gasteiger partial charge in [0.05, 0.1) is 13.0 Å². The van der Waals surface area contributed by atoms with Crippen LogP contribution >= 0.6 is 0 Å². The first kappa shape index (κ1) is 20.7. The number of carbonyl (C=O) groups is 4. The van der Waals surface area contributed by atoms with Crippen molar-refractivity contribution in [1.29, 1.82) is 0 Å². The van der Waals surface area contributed by atoms with Gasteiger partial charge in [0.2, 0.25) is 11.8 Å². The molecular weight excluding hydrogens is 330 g/mol. The van der Waals surface area contributed by atoms with E-state index in [0.717, 1.165) is 6.42 Å². The Morgan fingerprint density at radius 2 is 1.88 bits per heavy atom. The van der Waals surface area contributed by atoms with Crippen LogP contribution in [-0.4, -0.2) is 66.7 Å². The van der Waals surface area contributed by atoms with Crippen LogP contribution in [0.5, 0.6) is 0 Å². The Hall–Kier alpha value is -2.32. The fraction of sp³-hybridized carbons (Fsp3) is 0.750. The van der Waals surface area contributed by atoms with Crippen molar-refractivity contribution < 1.29 is 29.0 Å². The highest BCUT2D eigenvalue weighted by Gasteiger charge is 2.28. The smallest absolute Gasteiger partial charge is 0.404 e. The van der Waals surface area contributed by atoms with E-state index in [1.165, 1.54) is 7.05 Å². The zero-order valence-corrected chi connectivity index (χ0v) is 14.6. The molecule has 1 heterocycles. The van der Waals surface area contributed by atoms with Gasteiger partial charge in [0, 0.05) is 39.4 Å². The van der Waals surface area contributed by atoms with E-state index < -0.39 is 12.1 Å². The van der Waals surface area contributed by atoms with E-state index >= 15 is 0 Å². The maximum Gasteiger partial charge on any atom is 0.404 e. The van der Waals surface area contributed by atoms with Crippen molar-refractivity contribution in [2.24, 2.45) is 0 Å². The van der Waals surface area contributed by atoms with Crippen LogP contribution in [-0.2, 0) is 19.1 Å². The van der Waals surface area contributed by atoms with Gasteiger partial charge in [-0.25, -0.2) is 4.79 Å². The highest BCUT2D eigenvalue weighted by Crippen LogP contribution is 2.16. The van der Waals surface area contributed by atoms with Gasteiger partial charge in [-0.15, -0.1) is 0 Å². The number of likely N-dealkylation sites (tertiary alicyclic amines) is 1. The molecular formula is C16H27N3O6. The minimum atomic E-state index is -1.04. The van der Waals surface area contributed by atoms with Gasteiger partial charge < -0.3 is 25.4 Å². The van der Waals surface area contributed by atoms with Crippen molar-refractivity contribution in [3.05, 3.63) is 0 Å². The second-order valence-corrected chi connectivity index (χ2v) is 5.96. The summed E-state index contributed by atoms with van der Waals surface area (Å²) < 4.78 is 5.29. The van der Waals surface area contributed by atoms with Gasteiger partial charge in [0.25, 0.3) is 0 Å². The Bertz CT molecular complexity index is 482. The summed E-state index contributed by atoms with van der Waals surface area (Å²) in [6.07, 6.45) is 1.99. The van der Waals surface area contributed by atoms with E-state index in [9.17, 15) is 19.2 Å². The van der Waals surface area contributed by atoms with Crippen LogP contribution in [0.15, 0.2) is 0 Å². The van der Waals surface area contributed by atoms with Crippen LogP contribution in [0.25, 0.3) is 0 Å². The number of unbranched alkanes of at least 4 members (excludes halogenated alkanes) is 2. The second-order valence-electron chi connectivity index (χ2n) is 5.96. The first-order chi connectivity index (χ1) is 11.9. The number of hydrogen-bond donors (Lipinski definition) is 3. The van der Waals surface area contributed by atoms with Crippen LogP contribution in [0.3, 0.4) is 0 Å². The molecule has 1 aliphatic rings. The Labute approximate surface area is 147 Å². The van der Waals surface area contributed by atoms with Gasteiger partial charge in [0.15, 0.2) is 0 Å². The summed E-state index contributed by atoms with van der Waals surface area (Å²) in [5.74, 6) is -0.609. The third-order valence-corrected chi connectivity index (χ3v) is 3.97. The van der Waals surface area contributed by atoms with E-state index in [1.807, 2.05) is 0 Å². The minimum absolute atomic E-state index is 0.0232. The molecule has 0 saturated carbocycles. The first-order valence-electron chi connectivity index (χ1n) is 8.57. The number of hydrogen-bond acceptors (Lipinski definition) is 5. The summed E-state index contributed by atoms with van der Waals surface area (Å²) in [6, 6.07) is 0. The number of ether oxygens (including phenoxy) is 1. The molecule has 1 unspecified atom stereocenters. The van der Waals surface area contributed by atoms with Gasteiger partial charge in [-0.2, -0.15) is 0 Å². The largest absolute Gasteiger partial charge is 0.465 e. The molecule has 1 saturated heterocycles. The summed E-state index contributed by atoms with van der Waals surface area (Å²) in [6.45, 7) is 1.35. The number of esters is 1. The molecule has 25 heavy (non-hydrogen) atoms. The Balaban J connectivity index is 2.14. The molecule has 1 rings (SSSR count). The number of nitrogens with zero attached hydrogens (tertiary/aromatic N) is 1. The molecule has 9 nitrogen and oxygen atoms in total. The maximum absolute atomic E-state index is 12.1. The lowest BCUT2D eigenvalue weighted by Gasteiger charge is -2.16. The van der Waals surface area contributed by atoms with Crippen LogP contribution in [0.2, 0.25) is 0 Å². The molecule has 3 amide bonds. The third kappa shape index (κ3) is 8.92. The van der Waals surface area contributed by atoms with Crippen LogP contribution in [0.4, 0.5) is 4.79 Å². The van der Waals surface area contributed by atoms with Crippen molar-refractivity contribution in [3.8, 4) is 0 Å². The molecule has 9 heteroatoms. The molecule has 1 aliphatic heterocycles. The second kappa shape index (κ2) is 11.3. The van der Waals surface area contributed by atoms with Gasteiger partial charge in [0.1, 0.15) is 6.10 Å². The standard InChI is InChI=1S/C16H27N3O6/c1-17-13(20)6-7-15(22)25-12-8-10-19(11-12)14(21)5-3-2-4-9-18-16(23)24/h12,18H,2-11H2,1H3,(H,17,20)(H,23,24). The molecule has 0 aromatic heterocycles. The molecule has 142 valence electrons. The fourth-order valence-electron chi connectivity index (χ4n) is 2.57. The highest BCUT2D eigenvalue weighted by atomic mass is 16.5. The lowest BCUT2D eigenvalue weighted by Crippen LogP contribution is -2.30. The molecule has 0 aromatic carbocycles. The van der Waals surface area contributed by atoms with Gasteiger partial charge in [-0.1, -0.05) is 6.42 Å². The Morgan fingerprint density at radius 1 is 1.12 bits per heavy atom. The van der Waals surface area contributed by atoms with Crippen molar-refractivity contribution in [3.63, 3.8) is 0 Å². The molecule has 0 bridgehead atoms. The molecule has 1 atom stereocenters. The fourth-order valence-corrected chi connectivity index (χ4v) is 2.57. The number of amides is 3. The van der Waals surface area contributed by atoms with E-state index in [4.69, 9.17) is 9.84 Å². The predicted octanol–water partition coefficient (Wildman–Crippen LogP) is 0.485. The number of carbonyl (C=O) groups excluding carboxylic acids is 3. The number of nitrogens with one attached hydrogen (secondary N) is 2. The van der Waals surface area contributed by atoms with Gasteiger partial charge in [-0.3, -0.25) is 14.4 Å². The Morgan fingerprint density at radius 3 is 2.56 bits per heavy atom. The van der Waals surface area contributed by atoms with Gasteiger partial charge in [-0.05, 0) is 12.8 Å². The highest BCUT2D eigenvalue weighted by molar-refractivity contribution is 5.81. The molecule has 0 aromatic rings. The average molecular weight is 357 g/mol. The van der Waals surface area contributed by atoms with Crippen molar-refractivity contribution >= 4 is 23.9 Å². The zero-order valence-electron chi connectivity index (χ0n) is 14.6. The summed E-state index contributed by atoms with van der Waals surface area (Å²) in [4.78, 5) is 46.8. The van der Waals surface area contributed by atoms with Crippen LogP contribution in [0.1, 0.15) is 44.9 Å². The summed E-state index contributed by atoms with van der Waals surface area (Å²) in [5, 5.41) is 13.2. The maximum atomic E-state index is 12.1. The topological polar surface area (TPSA) is 125 Å². The Kier molecular flexibility index (Phi) is 9.34. The SMILES string of the molecule is CNC(=O)CCC(=O)OC1CCN(C(=O)CCCCCNC(=O)O)C1. The molecule has 0 spiro atoms. The zero-order chi connectivity index (χ0) is 18.7. The molecule has 1 fully saturated rings. The van der Waals surface area contributed by atoms with Crippen LogP contribution in [0, 0.1) is 0 Å². The van der Waals surface area contributed by atoms with Crippen molar-refractivity contribution in [1.82, 2.24) is 15.5 Å². The summed E-state index contributed by atoms with van der Waals surface area (Å²) in [5.41, 5.74) is 0. The van der Waals surface area contributed by atoms with E-state index in [-0.39, 0.29) is 30.8 Å². The monoisotopic (exact) mass is 357 g/mol. The molecule has 3 N–H and O–H groups in total. The summed E-state index contributed by atoms with van der Waals surface area (Å²) in [7, 11) is 1.51. The van der Waals surface area contributed by atoms with Crippen molar-refractivity contribution in [2.75, 3.05) is 26.7 Å². The minimum Gasteiger partial charge on any atom is -0.465 e. The lowest BCUT2D eigenvalue weighted by atomic mass is 10.2. The lowest BCUT2D eigenvalue weighted by molar-refractivity contribution is -0.150. The van der Waals surface area contributed by atoms with E-state index in [2.05, 4.69) is 10.6 Å². The normalized spacial score (nSPS) is 16.4. The van der Waals surface area contributed by atoms with Gasteiger partial charge >= 0.3 is 12.1 Å². The van der Waals surface area contributed by atoms with E-state index in [1.54, 1.807) is 4.90 Å². The third-order valence-electron chi connectivity index (χ3n) is 3.97. The van der Waals surface area contributed by atoms with Crippen LogP contribution < -0.4 is 10.6 Å². The number of rotatable bonds is 10.